The second-order valence-electron chi connectivity index (χ2n) is 10.6. The van der Waals surface area contributed by atoms with Crippen molar-refractivity contribution >= 4 is 29.0 Å². The third-order valence-corrected chi connectivity index (χ3v) is 8.12. The Bertz CT molecular complexity index is 1770. The van der Waals surface area contributed by atoms with E-state index in [0.717, 1.165) is 45.5 Å². The number of thiocarbonyl (C=S) groups is 1. The lowest BCUT2D eigenvalue weighted by atomic mass is 9.96. The van der Waals surface area contributed by atoms with Crippen molar-refractivity contribution in [3.8, 4) is 17.2 Å². The van der Waals surface area contributed by atoms with Crippen molar-refractivity contribution in [1.82, 2.24) is 14.9 Å². The highest BCUT2D eigenvalue weighted by molar-refractivity contribution is 7.80. The molecule has 0 bridgehead atoms. The van der Waals surface area contributed by atoms with Crippen molar-refractivity contribution in [3.05, 3.63) is 137 Å². The number of hydrogen-bond donors (Lipinski definition) is 1. The molecule has 1 aliphatic heterocycles. The van der Waals surface area contributed by atoms with Gasteiger partial charge in [0.15, 0.2) is 5.11 Å². The summed E-state index contributed by atoms with van der Waals surface area (Å²) in [4.78, 5) is 18.9. The van der Waals surface area contributed by atoms with Gasteiger partial charge in [-0.15, -0.1) is 0 Å². The van der Waals surface area contributed by atoms with Gasteiger partial charge in [-0.05, 0) is 117 Å². The van der Waals surface area contributed by atoms with Crippen LogP contribution >= 0.6 is 12.2 Å². The highest BCUT2D eigenvalue weighted by Crippen LogP contribution is 2.44. The van der Waals surface area contributed by atoms with Gasteiger partial charge < -0.3 is 24.3 Å². The highest BCUT2D eigenvalue weighted by Gasteiger charge is 2.42. The number of carbonyl (C=O) groups is 1. The maximum absolute atomic E-state index is 12.0. The topological polar surface area (TPSA) is 68.6 Å². The molecule has 0 aliphatic carbocycles. The van der Waals surface area contributed by atoms with Crippen LogP contribution in [0.25, 0.3) is 5.69 Å². The Morgan fingerprint density at radius 3 is 2.14 bits per heavy atom. The van der Waals surface area contributed by atoms with E-state index in [0.29, 0.717) is 10.7 Å². The number of benzene rings is 3. The van der Waals surface area contributed by atoms with Crippen LogP contribution in [0.15, 0.2) is 103 Å². The Hall–Kier alpha value is -4.95. The van der Waals surface area contributed by atoms with Crippen LogP contribution < -0.4 is 15.0 Å². The molecule has 1 N–H and O–H groups in total. The number of aromatic nitrogens is 2. The fraction of sp³-hybridized carbons (Fsp3) is 0.171. The van der Waals surface area contributed by atoms with E-state index < -0.39 is 0 Å². The molecule has 7 nitrogen and oxygen atoms in total. The van der Waals surface area contributed by atoms with Crippen molar-refractivity contribution in [2.45, 2.75) is 32.9 Å². The molecule has 0 amide bonds. The summed E-state index contributed by atoms with van der Waals surface area (Å²) in [6.45, 7) is 6.26. The highest BCUT2D eigenvalue weighted by atomic mass is 32.1. The predicted octanol–water partition coefficient (Wildman–Crippen LogP) is 7.55. The minimum absolute atomic E-state index is 0.166. The lowest BCUT2D eigenvalue weighted by Crippen LogP contribution is -2.29. The quantitative estimate of drug-likeness (QED) is 0.155. The standard InChI is InChI=1S/C35H32N4O3S/c1-22-8-16-28(17-9-22)42-29-18-14-27(15-19-29)39-33(32(37-35(39)43)31-7-5-6-20-36-31)30-21-23(2)38(24(30)3)26-12-10-25(11-13-26)34(40)41-4/h5-21,32-33H,1-4H3,(H,37,43)/t32-,33-/m0/s1. The van der Waals surface area contributed by atoms with Crippen molar-refractivity contribution in [3.63, 3.8) is 0 Å². The van der Waals surface area contributed by atoms with Gasteiger partial charge in [0.2, 0.25) is 0 Å². The molecule has 8 heteroatoms. The van der Waals surface area contributed by atoms with E-state index in [2.05, 4.69) is 41.6 Å². The molecule has 0 saturated carbocycles. The molecule has 43 heavy (non-hydrogen) atoms. The molecular weight excluding hydrogens is 556 g/mol. The number of aryl methyl sites for hydroxylation is 2. The minimum Gasteiger partial charge on any atom is -0.465 e. The molecule has 0 radical (unpaired) electrons. The van der Waals surface area contributed by atoms with Crippen LogP contribution in [0.4, 0.5) is 5.69 Å². The Labute approximate surface area is 256 Å². The van der Waals surface area contributed by atoms with Crippen molar-refractivity contribution in [2.24, 2.45) is 0 Å². The minimum atomic E-state index is -0.358. The summed E-state index contributed by atoms with van der Waals surface area (Å²) in [5.74, 6) is 1.18. The van der Waals surface area contributed by atoms with E-state index in [9.17, 15) is 4.79 Å². The average molecular weight is 589 g/mol. The molecule has 1 saturated heterocycles. The van der Waals surface area contributed by atoms with Crippen molar-refractivity contribution in [2.75, 3.05) is 12.0 Å². The number of methoxy groups -OCH3 is 1. The van der Waals surface area contributed by atoms with Gasteiger partial charge in [0.1, 0.15) is 11.5 Å². The fourth-order valence-corrected chi connectivity index (χ4v) is 6.06. The maximum Gasteiger partial charge on any atom is 0.337 e. The summed E-state index contributed by atoms with van der Waals surface area (Å²) in [6, 6.07) is 31.3. The molecule has 0 spiro atoms. The molecule has 216 valence electrons. The molecule has 2 atom stereocenters. The van der Waals surface area contributed by atoms with Crippen LogP contribution in [0.2, 0.25) is 0 Å². The van der Waals surface area contributed by atoms with Crippen molar-refractivity contribution in [1.29, 1.82) is 0 Å². The molecule has 1 fully saturated rings. The Morgan fingerprint density at radius 2 is 1.51 bits per heavy atom. The molecule has 6 rings (SSSR count). The molecule has 3 heterocycles. The third kappa shape index (κ3) is 5.49. The van der Waals surface area contributed by atoms with Gasteiger partial charge in [0.25, 0.3) is 0 Å². The monoisotopic (exact) mass is 588 g/mol. The number of anilines is 1. The lowest BCUT2D eigenvalue weighted by Gasteiger charge is -2.28. The predicted molar refractivity (Wildman–Crippen MR) is 172 cm³/mol. The van der Waals surface area contributed by atoms with Crippen LogP contribution in [0.3, 0.4) is 0 Å². The largest absolute Gasteiger partial charge is 0.465 e. The SMILES string of the molecule is COC(=O)c1ccc(-n2c(C)cc([C@H]3[C@H](c4ccccn4)NC(=S)N3c3ccc(Oc4ccc(C)cc4)cc3)c2C)cc1. The first-order valence-corrected chi connectivity index (χ1v) is 14.5. The van der Waals surface area contributed by atoms with E-state index in [1.165, 1.54) is 12.7 Å². The Kier molecular flexibility index (Phi) is 7.69. The van der Waals surface area contributed by atoms with Gasteiger partial charge in [0, 0.05) is 29.0 Å². The van der Waals surface area contributed by atoms with E-state index in [1.54, 1.807) is 12.1 Å². The molecule has 2 aromatic heterocycles. The first-order chi connectivity index (χ1) is 20.8. The zero-order valence-corrected chi connectivity index (χ0v) is 25.3. The summed E-state index contributed by atoms with van der Waals surface area (Å²) in [5.41, 5.74) is 7.77. The number of nitrogens with one attached hydrogen (secondary N) is 1. The molecular formula is C35H32N4O3S. The smallest absolute Gasteiger partial charge is 0.337 e. The lowest BCUT2D eigenvalue weighted by molar-refractivity contribution is 0.0600. The van der Waals surface area contributed by atoms with E-state index >= 15 is 0 Å². The summed E-state index contributed by atoms with van der Waals surface area (Å²) in [7, 11) is 1.39. The van der Waals surface area contributed by atoms with Crippen LogP contribution in [0.1, 0.15) is 50.7 Å². The summed E-state index contributed by atoms with van der Waals surface area (Å²) in [6.07, 6.45) is 1.81. The molecule has 0 unspecified atom stereocenters. The number of rotatable bonds is 7. The van der Waals surface area contributed by atoms with Gasteiger partial charge in [-0.3, -0.25) is 4.98 Å². The van der Waals surface area contributed by atoms with E-state index in [4.69, 9.17) is 26.7 Å². The van der Waals surface area contributed by atoms with Crippen LogP contribution in [-0.4, -0.2) is 27.7 Å². The summed E-state index contributed by atoms with van der Waals surface area (Å²) >= 11 is 5.96. The Balaban J connectivity index is 1.38. The summed E-state index contributed by atoms with van der Waals surface area (Å²) in [5, 5.41) is 4.18. The van der Waals surface area contributed by atoms with Crippen LogP contribution in [0.5, 0.6) is 11.5 Å². The van der Waals surface area contributed by atoms with Gasteiger partial charge in [-0.2, -0.15) is 0 Å². The zero-order valence-electron chi connectivity index (χ0n) is 24.4. The fourth-order valence-electron chi connectivity index (χ4n) is 5.71. The molecule has 3 aromatic carbocycles. The summed E-state index contributed by atoms with van der Waals surface area (Å²) < 4.78 is 13.2. The van der Waals surface area contributed by atoms with E-state index in [-0.39, 0.29) is 18.1 Å². The van der Waals surface area contributed by atoms with Gasteiger partial charge in [0.05, 0.1) is 30.5 Å². The third-order valence-electron chi connectivity index (χ3n) is 7.81. The average Bonchev–Trinajstić information content (AvgIpc) is 3.53. The number of pyridine rings is 1. The number of hydrogen-bond acceptors (Lipinski definition) is 5. The van der Waals surface area contributed by atoms with Gasteiger partial charge in [-0.1, -0.05) is 23.8 Å². The van der Waals surface area contributed by atoms with E-state index in [1.807, 2.05) is 85.1 Å². The van der Waals surface area contributed by atoms with Crippen LogP contribution in [0, 0.1) is 20.8 Å². The van der Waals surface area contributed by atoms with Gasteiger partial charge >= 0.3 is 5.97 Å². The van der Waals surface area contributed by atoms with Gasteiger partial charge in [-0.25, -0.2) is 4.79 Å². The molecule has 5 aromatic rings. The number of ether oxygens (including phenoxy) is 2. The van der Waals surface area contributed by atoms with Crippen molar-refractivity contribution < 1.29 is 14.3 Å². The zero-order chi connectivity index (χ0) is 30.1. The number of carbonyl (C=O) groups excluding carboxylic acids is 1. The first kappa shape index (κ1) is 28.2. The van der Waals surface area contributed by atoms with Crippen LogP contribution in [-0.2, 0) is 4.74 Å². The second-order valence-corrected chi connectivity index (χ2v) is 11.0. The molecule has 1 aliphatic rings. The number of esters is 1. The first-order valence-electron chi connectivity index (χ1n) is 14.1. The normalized spacial score (nSPS) is 16.2. The second kappa shape index (κ2) is 11.7. The maximum atomic E-state index is 12.0. The number of nitrogens with zero attached hydrogens (tertiary/aromatic N) is 3. The Morgan fingerprint density at radius 1 is 0.860 bits per heavy atom.